The fraction of sp³-hybridized carbons (Fsp3) is 0.440. The molecule has 0 spiro atoms. The first-order chi connectivity index (χ1) is 16.2. The summed E-state index contributed by atoms with van der Waals surface area (Å²) >= 11 is 0. The predicted octanol–water partition coefficient (Wildman–Crippen LogP) is 3.18. The van der Waals surface area contributed by atoms with Gasteiger partial charge >= 0.3 is 6.03 Å². The largest absolute Gasteiger partial charge is 0.488 e. The first-order valence-electron chi connectivity index (χ1n) is 11.3. The molecule has 0 aromatic heterocycles. The van der Waals surface area contributed by atoms with Crippen LogP contribution in [0, 0.1) is 11.7 Å². The van der Waals surface area contributed by atoms with Gasteiger partial charge in [0, 0.05) is 35.9 Å². The molecule has 0 radical (unpaired) electrons. The Balaban J connectivity index is 1.85. The molecule has 0 saturated heterocycles. The number of anilines is 2. The number of hydrogen-bond acceptors (Lipinski definition) is 5. The van der Waals surface area contributed by atoms with Gasteiger partial charge in [0.05, 0.1) is 19.1 Å². The molecule has 0 aliphatic carbocycles. The number of likely N-dealkylation sites (N-methyl/N-ethyl adjacent to an activating group) is 1. The lowest BCUT2D eigenvalue weighted by molar-refractivity contribution is -0.134. The minimum Gasteiger partial charge on any atom is -0.488 e. The number of aliphatic hydroxyl groups excluding tert-OH is 1. The van der Waals surface area contributed by atoms with Crippen molar-refractivity contribution in [2.24, 2.45) is 5.92 Å². The maximum absolute atomic E-state index is 13.2. The Kier molecular flexibility index (Phi) is 8.46. The van der Waals surface area contributed by atoms with Gasteiger partial charge in [-0.15, -0.1) is 0 Å². The van der Waals surface area contributed by atoms with E-state index in [-0.39, 0.29) is 42.8 Å². The Morgan fingerprint density at radius 3 is 2.50 bits per heavy atom. The summed E-state index contributed by atoms with van der Waals surface area (Å²) in [5, 5.41) is 15.1. The second-order valence-electron chi connectivity index (χ2n) is 9.06. The third-order valence-electron chi connectivity index (χ3n) is 5.82. The molecule has 0 saturated carbocycles. The molecule has 0 unspecified atom stereocenters. The number of nitrogens with one attached hydrogen (secondary N) is 2. The SMILES string of the molecule is C[C@H](CO)N1C[C@H](C)[C@H](CN(C)C)Oc2ccc(NC(=O)Nc3ccc(F)cc3)cc2CC1=O. The maximum atomic E-state index is 13.2. The second kappa shape index (κ2) is 11.3. The van der Waals surface area contributed by atoms with E-state index in [0.717, 1.165) is 0 Å². The number of amides is 3. The Hall–Kier alpha value is -3.17. The minimum absolute atomic E-state index is 0.0330. The topological polar surface area (TPSA) is 94.1 Å². The summed E-state index contributed by atoms with van der Waals surface area (Å²) in [6.07, 6.45) is -0.0930. The van der Waals surface area contributed by atoms with E-state index >= 15 is 0 Å². The number of aliphatic hydroxyl groups is 1. The lowest BCUT2D eigenvalue weighted by atomic mass is 10.0. The van der Waals surface area contributed by atoms with E-state index in [2.05, 4.69) is 10.6 Å². The van der Waals surface area contributed by atoms with Crippen LogP contribution in [0.1, 0.15) is 19.4 Å². The minimum atomic E-state index is -0.489. The number of fused-ring (bicyclic) bond motifs is 1. The van der Waals surface area contributed by atoms with Gasteiger partial charge in [-0.1, -0.05) is 6.92 Å². The molecule has 34 heavy (non-hydrogen) atoms. The van der Waals surface area contributed by atoms with Gasteiger partial charge in [-0.2, -0.15) is 0 Å². The molecular weight excluding hydrogens is 439 g/mol. The van der Waals surface area contributed by atoms with E-state index < -0.39 is 6.03 Å². The van der Waals surface area contributed by atoms with Crippen molar-refractivity contribution in [2.45, 2.75) is 32.4 Å². The number of carbonyl (C=O) groups is 2. The zero-order chi connectivity index (χ0) is 24.8. The zero-order valence-electron chi connectivity index (χ0n) is 20.0. The molecule has 3 N–H and O–H groups in total. The summed E-state index contributed by atoms with van der Waals surface area (Å²) in [6.45, 7) is 4.87. The van der Waals surface area contributed by atoms with Gasteiger partial charge < -0.3 is 30.3 Å². The van der Waals surface area contributed by atoms with Crippen molar-refractivity contribution in [1.82, 2.24) is 9.80 Å². The highest BCUT2D eigenvalue weighted by Crippen LogP contribution is 2.29. The third-order valence-corrected chi connectivity index (χ3v) is 5.82. The number of halogens is 1. The lowest BCUT2D eigenvalue weighted by Gasteiger charge is -2.33. The summed E-state index contributed by atoms with van der Waals surface area (Å²) in [5.41, 5.74) is 1.60. The number of nitrogens with zero attached hydrogens (tertiary/aromatic N) is 2. The maximum Gasteiger partial charge on any atom is 0.323 e. The first-order valence-corrected chi connectivity index (χ1v) is 11.3. The van der Waals surface area contributed by atoms with Gasteiger partial charge in [-0.05, 0) is 63.5 Å². The zero-order valence-corrected chi connectivity index (χ0v) is 20.0. The number of rotatable bonds is 6. The van der Waals surface area contributed by atoms with E-state index in [1.807, 2.05) is 32.8 Å². The molecule has 1 heterocycles. The van der Waals surface area contributed by atoms with Gasteiger partial charge in [0.1, 0.15) is 17.7 Å². The van der Waals surface area contributed by atoms with Crippen molar-refractivity contribution >= 4 is 23.3 Å². The number of benzene rings is 2. The highest BCUT2D eigenvalue weighted by atomic mass is 19.1. The van der Waals surface area contributed by atoms with Gasteiger partial charge in [0.25, 0.3) is 0 Å². The van der Waals surface area contributed by atoms with Crippen LogP contribution in [-0.2, 0) is 11.2 Å². The van der Waals surface area contributed by atoms with Crippen LogP contribution in [0.2, 0.25) is 0 Å². The standard InChI is InChI=1S/C25H33FN4O4/c1-16-13-30(17(2)15-31)24(32)12-18-11-21(9-10-22(18)34-23(16)14-29(3)4)28-25(33)27-20-7-5-19(26)6-8-20/h5-11,16-17,23,31H,12-15H2,1-4H3,(H2,27,28,33)/t16-,17+,23-/m0/s1. The van der Waals surface area contributed by atoms with E-state index in [1.165, 1.54) is 24.3 Å². The van der Waals surface area contributed by atoms with Crippen molar-refractivity contribution < 1.29 is 23.8 Å². The fourth-order valence-electron chi connectivity index (χ4n) is 3.91. The number of carbonyl (C=O) groups excluding carboxylic acids is 2. The molecule has 0 bridgehead atoms. The van der Waals surface area contributed by atoms with Crippen LogP contribution in [0.15, 0.2) is 42.5 Å². The molecule has 2 aromatic carbocycles. The molecule has 3 amide bonds. The molecular formula is C25H33FN4O4. The van der Waals surface area contributed by atoms with E-state index in [0.29, 0.717) is 35.8 Å². The van der Waals surface area contributed by atoms with Crippen LogP contribution >= 0.6 is 0 Å². The molecule has 184 valence electrons. The van der Waals surface area contributed by atoms with Crippen LogP contribution in [0.3, 0.4) is 0 Å². The summed E-state index contributed by atoms with van der Waals surface area (Å²) in [5.74, 6) is 0.122. The number of hydrogen-bond donors (Lipinski definition) is 3. The Morgan fingerprint density at radius 1 is 1.21 bits per heavy atom. The van der Waals surface area contributed by atoms with Crippen LogP contribution in [0.4, 0.5) is 20.6 Å². The highest BCUT2D eigenvalue weighted by molar-refractivity contribution is 5.99. The third kappa shape index (κ3) is 6.68. The van der Waals surface area contributed by atoms with Crippen molar-refractivity contribution in [2.75, 3.05) is 44.4 Å². The van der Waals surface area contributed by atoms with Gasteiger partial charge in [-0.25, -0.2) is 9.18 Å². The van der Waals surface area contributed by atoms with Crippen LogP contribution in [-0.4, -0.2) is 72.8 Å². The monoisotopic (exact) mass is 472 g/mol. The quantitative estimate of drug-likeness (QED) is 0.601. The Bertz CT molecular complexity index is 999. The summed E-state index contributed by atoms with van der Waals surface area (Å²) in [6, 6.07) is 9.85. The lowest BCUT2D eigenvalue weighted by Crippen LogP contribution is -2.47. The molecule has 1 aliphatic rings. The Morgan fingerprint density at radius 2 is 1.85 bits per heavy atom. The molecule has 9 heteroatoms. The number of ether oxygens (including phenoxy) is 1. The number of urea groups is 1. The van der Waals surface area contributed by atoms with Crippen LogP contribution in [0.5, 0.6) is 5.75 Å². The van der Waals surface area contributed by atoms with Gasteiger partial charge in [-0.3, -0.25) is 4.79 Å². The molecule has 8 nitrogen and oxygen atoms in total. The molecule has 2 aromatic rings. The van der Waals surface area contributed by atoms with Crippen LogP contribution in [0.25, 0.3) is 0 Å². The van der Waals surface area contributed by atoms with Gasteiger partial charge in [0.2, 0.25) is 5.91 Å². The molecule has 0 fully saturated rings. The predicted molar refractivity (Wildman–Crippen MR) is 130 cm³/mol. The average Bonchev–Trinajstić information content (AvgIpc) is 2.82. The first kappa shape index (κ1) is 25.5. The second-order valence-corrected chi connectivity index (χ2v) is 9.06. The molecule has 1 aliphatic heterocycles. The molecule has 3 rings (SSSR count). The average molecular weight is 473 g/mol. The van der Waals surface area contributed by atoms with Crippen molar-refractivity contribution in [3.05, 3.63) is 53.8 Å². The van der Waals surface area contributed by atoms with E-state index in [1.54, 1.807) is 23.1 Å². The van der Waals surface area contributed by atoms with Crippen molar-refractivity contribution in [3.63, 3.8) is 0 Å². The normalized spacial score (nSPS) is 19.4. The van der Waals surface area contributed by atoms with Crippen LogP contribution < -0.4 is 15.4 Å². The molecule has 3 atom stereocenters. The summed E-state index contributed by atoms with van der Waals surface area (Å²) in [7, 11) is 3.94. The van der Waals surface area contributed by atoms with E-state index in [9.17, 15) is 19.1 Å². The highest BCUT2D eigenvalue weighted by Gasteiger charge is 2.30. The summed E-state index contributed by atoms with van der Waals surface area (Å²) < 4.78 is 19.5. The Labute approximate surface area is 199 Å². The fourth-order valence-corrected chi connectivity index (χ4v) is 3.91. The van der Waals surface area contributed by atoms with Gasteiger partial charge in [0.15, 0.2) is 0 Å². The van der Waals surface area contributed by atoms with Crippen molar-refractivity contribution in [3.8, 4) is 5.75 Å². The van der Waals surface area contributed by atoms with E-state index in [4.69, 9.17) is 4.74 Å². The van der Waals surface area contributed by atoms with Crippen molar-refractivity contribution in [1.29, 1.82) is 0 Å². The summed E-state index contributed by atoms with van der Waals surface area (Å²) in [4.78, 5) is 29.3. The smallest absolute Gasteiger partial charge is 0.323 e.